The van der Waals surface area contributed by atoms with Gasteiger partial charge < -0.3 is 10.6 Å². The summed E-state index contributed by atoms with van der Waals surface area (Å²) in [5.41, 5.74) is 0. The van der Waals surface area contributed by atoms with Crippen LogP contribution in [-0.4, -0.2) is 25.0 Å². The zero-order chi connectivity index (χ0) is 10.4. The molecule has 0 radical (unpaired) electrons. The Morgan fingerprint density at radius 3 is 2.15 bits per heavy atom. The fourth-order valence-corrected chi connectivity index (χ4v) is 1.40. The van der Waals surface area contributed by atoms with Gasteiger partial charge in [-0.25, -0.2) is 0 Å². The molecule has 2 atom stereocenters. The molecule has 0 aliphatic heterocycles. The monoisotopic (exact) mass is 186 g/mol. The van der Waals surface area contributed by atoms with E-state index in [2.05, 4.69) is 31.4 Å². The Morgan fingerprint density at radius 2 is 1.85 bits per heavy atom. The smallest absolute Gasteiger partial charge is 0.236 e. The number of amides is 1. The van der Waals surface area contributed by atoms with Crippen LogP contribution in [0.4, 0.5) is 0 Å². The van der Waals surface area contributed by atoms with Gasteiger partial charge >= 0.3 is 0 Å². The lowest BCUT2D eigenvalue weighted by molar-refractivity contribution is -0.122. The van der Waals surface area contributed by atoms with Crippen molar-refractivity contribution in [1.82, 2.24) is 10.6 Å². The van der Waals surface area contributed by atoms with Crippen LogP contribution in [0.3, 0.4) is 0 Å². The van der Waals surface area contributed by atoms with Crippen LogP contribution < -0.4 is 10.6 Å². The largest absolute Gasteiger partial charge is 0.358 e. The lowest BCUT2D eigenvalue weighted by Crippen LogP contribution is -2.47. The maximum atomic E-state index is 11.2. The van der Waals surface area contributed by atoms with Crippen molar-refractivity contribution in [2.45, 2.75) is 46.2 Å². The maximum Gasteiger partial charge on any atom is 0.236 e. The molecule has 1 amide bonds. The molecule has 0 aliphatic carbocycles. The van der Waals surface area contributed by atoms with Gasteiger partial charge in [0.2, 0.25) is 5.91 Å². The van der Waals surface area contributed by atoms with E-state index in [1.165, 1.54) is 0 Å². The van der Waals surface area contributed by atoms with E-state index in [-0.39, 0.29) is 11.9 Å². The first kappa shape index (κ1) is 12.4. The molecule has 0 aliphatic rings. The molecule has 3 nitrogen and oxygen atoms in total. The van der Waals surface area contributed by atoms with Gasteiger partial charge in [-0.2, -0.15) is 0 Å². The number of rotatable bonds is 5. The zero-order valence-corrected chi connectivity index (χ0v) is 9.35. The van der Waals surface area contributed by atoms with Gasteiger partial charge in [0.05, 0.1) is 6.04 Å². The Hall–Kier alpha value is -0.570. The summed E-state index contributed by atoms with van der Waals surface area (Å²) in [5.74, 6) is 0.621. The lowest BCUT2D eigenvalue weighted by atomic mass is 10.0. The number of carbonyl (C=O) groups is 1. The van der Waals surface area contributed by atoms with E-state index < -0.39 is 0 Å². The van der Waals surface area contributed by atoms with E-state index in [0.717, 1.165) is 6.42 Å². The van der Waals surface area contributed by atoms with E-state index in [9.17, 15) is 4.79 Å². The highest BCUT2D eigenvalue weighted by Gasteiger charge is 2.17. The van der Waals surface area contributed by atoms with Gasteiger partial charge in [0.15, 0.2) is 0 Å². The fraction of sp³-hybridized carbons (Fsp3) is 0.900. The Kier molecular flexibility index (Phi) is 5.71. The average Bonchev–Trinajstić information content (AvgIpc) is 2.11. The second-order valence-corrected chi connectivity index (χ2v) is 3.76. The van der Waals surface area contributed by atoms with Gasteiger partial charge in [-0.3, -0.25) is 4.79 Å². The van der Waals surface area contributed by atoms with Gasteiger partial charge in [-0.1, -0.05) is 20.8 Å². The van der Waals surface area contributed by atoms with E-state index in [0.29, 0.717) is 12.0 Å². The third-order valence-electron chi connectivity index (χ3n) is 2.35. The molecule has 2 N–H and O–H groups in total. The van der Waals surface area contributed by atoms with Gasteiger partial charge in [-0.05, 0) is 19.3 Å². The van der Waals surface area contributed by atoms with Crippen molar-refractivity contribution in [3.63, 3.8) is 0 Å². The van der Waals surface area contributed by atoms with E-state index in [4.69, 9.17) is 0 Å². The molecule has 3 heteroatoms. The Labute approximate surface area is 81.3 Å². The third-order valence-corrected chi connectivity index (χ3v) is 2.35. The summed E-state index contributed by atoms with van der Waals surface area (Å²) < 4.78 is 0. The summed E-state index contributed by atoms with van der Waals surface area (Å²) in [5, 5.41) is 5.94. The Bertz CT molecular complexity index is 157. The summed E-state index contributed by atoms with van der Waals surface area (Å²) in [6.45, 7) is 8.35. The first-order valence-electron chi connectivity index (χ1n) is 5.00. The zero-order valence-electron chi connectivity index (χ0n) is 9.35. The molecule has 0 spiro atoms. The van der Waals surface area contributed by atoms with Gasteiger partial charge in [-0.15, -0.1) is 0 Å². The van der Waals surface area contributed by atoms with Crippen molar-refractivity contribution in [3.8, 4) is 0 Å². The summed E-state index contributed by atoms with van der Waals surface area (Å²) in [6, 6.07) is 0.324. The van der Waals surface area contributed by atoms with Crippen LogP contribution >= 0.6 is 0 Å². The first-order valence-corrected chi connectivity index (χ1v) is 5.00. The highest BCUT2D eigenvalue weighted by atomic mass is 16.2. The van der Waals surface area contributed by atoms with Crippen LogP contribution in [0.25, 0.3) is 0 Å². The average molecular weight is 186 g/mol. The van der Waals surface area contributed by atoms with E-state index >= 15 is 0 Å². The van der Waals surface area contributed by atoms with Crippen LogP contribution in [0.5, 0.6) is 0 Å². The topological polar surface area (TPSA) is 41.1 Å². The molecule has 0 saturated heterocycles. The molecule has 0 aromatic rings. The molecule has 0 heterocycles. The molecule has 0 fully saturated rings. The Balaban J connectivity index is 4.00. The molecule has 13 heavy (non-hydrogen) atoms. The number of nitrogens with one attached hydrogen (secondary N) is 2. The molecule has 1 unspecified atom stereocenters. The van der Waals surface area contributed by atoms with E-state index in [1.54, 1.807) is 7.05 Å². The predicted octanol–water partition coefficient (Wildman–Crippen LogP) is 1.15. The number of carbonyl (C=O) groups excluding carboxylic acids is 1. The van der Waals surface area contributed by atoms with Crippen molar-refractivity contribution in [1.29, 1.82) is 0 Å². The van der Waals surface area contributed by atoms with Crippen molar-refractivity contribution < 1.29 is 4.79 Å². The van der Waals surface area contributed by atoms with Crippen LogP contribution in [0.2, 0.25) is 0 Å². The normalized spacial score (nSPS) is 15.5. The molecular weight excluding hydrogens is 164 g/mol. The van der Waals surface area contributed by atoms with Crippen LogP contribution in [0.15, 0.2) is 0 Å². The molecule has 0 rings (SSSR count). The SMILES string of the molecule is CCC(N[C@H](C)C(=O)NC)C(C)C. The predicted molar refractivity (Wildman–Crippen MR) is 55.6 cm³/mol. The first-order chi connectivity index (χ1) is 6.02. The van der Waals surface area contributed by atoms with Gasteiger partial charge in [0.1, 0.15) is 0 Å². The van der Waals surface area contributed by atoms with Crippen molar-refractivity contribution in [3.05, 3.63) is 0 Å². The van der Waals surface area contributed by atoms with Crippen LogP contribution in [-0.2, 0) is 4.79 Å². The summed E-state index contributed by atoms with van der Waals surface area (Å²) >= 11 is 0. The lowest BCUT2D eigenvalue weighted by Gasteiger charge is -2.24. The number of hydrogen-bond donors (Lipinski definition) is 2. The second-order valence-electron chi connectivity index (χ2n) is 3.76. The van der Waals surface area contributed by atoms with Crippen LogP contribution in [0, 0.1) is 5.92 Å². The highest BCUT2D eigenvalue weighted by Crippen LogP contribution is 2.06. The van der Waals surface area contributed by atoms with Crippen molar-refractivity contribution in [2.24, 2.45) is 5.92 Å². The molecule has 0 saturated carbocycles. The molecule has 0 bridgehead atoms. The summed E-state index contributed by atoms with van der Waals surface area (Å²) in [6.07, 6.45) is 1.05. The van der Waals surface area contributed by atoms with Crippen LogP contribution in [0.1, 0.15) is 34.1 Å². The fourth-order valence-electron chi connectivity index (χ4n) is 1.40. The minimum atomic E-state index is -0.0997. The molecule has 78 valence electrons. The molecular formula is C10H22N2O. The second kappa shape index (κ2) is 5.97. The summed E-state index contributed by atoms with van der Waals surface area (Å²) in [7, 11) is 1.66. The van der Waals surface area contributed by atoms with Crippen molar-refractivity contribution >= 4 is 5.91 Å². The van der Waals surface area contributed by atoms with E-state index in [1.807, 2.05) is 6.92 Å². The van der Waals surface area contributed by atoms with Gasteiger partial charge in [0, 0.05) is 13.1 Å². The van der Waals surface area contributed by atoms with Crippen molar-refractivity contribution in [2.75, 3.05) is 7.05 Å². The standard InChI is InChI=1S/C10H22N2O/c1-6-9(7(2)3)12-8(4)10(13)11-5/h7-9,12H,6H2,1-5H3,(H,11,13)/t8-,9?/m1/s1. The minimum absolute atomic E-state index is 0.0547. The molecule has 0 aromatic heterocycles. The Morgan fingerprint density at radius 1 is 1.31 bits per heavy atom. The summed E-state index contributed by atoms with van der Waals surface area (Å²) in [4.78, 5) is 11.2. The third kappa shape index (κ3) is 4.27. The highest BCUT2D eigenvalue weighted by molar-refractivity contribution is 5.80. The van der Waals surface area contributed by atoms with Gasteiger partial charge in [0.25, 0.3) is 0 Å². The number of hydrogen-bond acceptors (Lipinski definition) is 2. The maximum absolute atomic E-state index is 11.2. The number of likely N-dealkylation sites (N-methyl/N-ethyl adjacent to an activating group) is 1. The minimum Gasteiger partial charge on any atom is -0.358 e. The quantitative estimate of drug-likeness (QED) is 0.676. The molecule has 0 aromatic carbocycles.